The molecule has 0 saturated carbocycles. The van der Waals surface area contributed by atoms with Gasteiger partial charge in [-0.3, -0.25) is 9.59 Å². The summed E-state index contributed by atoms with van der Waals surface area (Å²) in [6.07, 6.45) is 1.74. The molecule has 2 aliphatic rings. The fourth-order valence-corrected chi connectivity index (χ4v) is 3.77. The van der Waals surface area contributed by atoms with Crippen LogP contribution >= 0.6 is 0 Å². The molecular weight excluding hydrogens is 322 g/mol. The van der Waals surface area contributed by atoms with Crippen LogP contribution in [0.3, 0.4) is 0 Å². The molecule has 1 spiro atoms. The van der Waals surface area contributed by atoms with Crippen LogP contribution in [0.2, 0.25) is 0 Å². The van der Waals surface area contributed by atoms with Crippen molar-refractivity contribution in [2.24, 2.45) is 5.92 Å². The lowest BCUT2D eigenvalue weighted by atomic mass is 9.78. The Kier molecular flexibility index (Phi) is 4.92. The summed E-state index contributed by atoms with van der Waals surface area (Å²) >= 11 is 0. The number of nitrogens with one attached hydrogen (secondary N) is 2. The summed E-state index contributed by atoms with van der Waals surface area (Å²) in [5.74, 6) is -1.87. The standard InChI is InChI=1S/C18H23N3O4/c22-15-12-14(16(23)24)18(20-15)7-10-21(11-8-18)17(25)19-9-6-13-4-2-1-3-5-13/h1-5,14H,6-12H2,(H,19,25)(H,20,22)(H,23,24). The molecule has 1 aromatic carbocycles. The van der Waals surface area contributed by atoms with Gasteiger partial charge in [-0.1, -0.05) is 30.3 Å². The molecule has 3 rings (SSSR count). The molecule has 134 valence electrons. The lowest BCUT2D eigenvalue weighted by Gasteiger charge is -2.41. The van der Waals surface area contributed by atoms with Crippen molar-refractivity contribution in [3.05, 3.63) is 35.9 Å². The number of urea groups is 1. The van der Waals surface area contributed by atoms with E-state index in [-0.39, 0.29) is 18.4 Å². The van der Waals surface area contributed by atoms with Crippen LogP contribution in [-0.2, 0) is 16.0 Å². The number of aliphatic carboxylic acids is 1. The zero-order valence-corrected chi connectivity index (χ0v) is 14.0. The molecule has 0 aromatic heterocycles. The molecule has 2 heterocycles. The Labute approximate surface area is 146 Å². The highest BCUT2D eigenvalue weighted by Gasteiger charge is 2.51. The second kappa shape index (κ2) is 7.13. The van der Waals surface area contributed by atoms with Crippen LogP contribution in [0.25, 0.3) is 0 Å². The fraction of sp³-hybridized carbons (Fsp3) is 0.500. The van der Waals surface area contributed by atoms with Crippen LogP contribution in [0.4, 0.5) is 4.79 Å². The number of amides is 3. The van der Waals surface area contributed by atoms with Crippen molar-refractivity contribution >= 4 is 17.9 Å². The number of rotatable bonds is 4. The van der Waals surface area contributed by atoms with Crippen LogP contribution in [0.1, 0.15) is 24.8 Å². The maximum Gasteiger partial charge on any atom is 0.317 e. The third kappa shape index (κ3) is 3.75. The van der Waals surface area contributed by atoms with Crippen LogP contribution < -0.4 is 10.6 Å². The van der Waals surface area contributed by atoms with E-state index < -0.39 is 17.4 Å². The molecule has 1 atom stereocenters. The molecular formula is C18H23N3O4. The van der Waals surface area contributed by atoms with E-state index >= 15 is 0 Å². The summed E-state index contributed by atoms with van der Waals surface area (Å²) in [6, 6.07) is 9.79. The minimum atomic E-state index is -0.945. The Morgan fingerprint density at radius 3 is 2.56 bits per heavy atom. The number of carboxylic acid groups (broad SMARTS) is 1. The number of nitrogens with zero attached hydrogens (tertiary/aromatic N) is 1. The molecule has 7 heteroatoms. The third-order valence-electron chi connectivity index (χ3n) is 5.22. The number of hydrogen-bond acceptors (Lipinski definition) is 3. The largest absolute Gasteiger partial charge is 0.481 e. The summed E-state index contributed by atoms with van der Waals surface area (Å²) < 4.78 is 0. The van der Waals surface area contributed by atoms with E-state index in [9.17, 15) is 19.5 Å². The zero-order chi connectivity index (χ0) is 17.9. The first-order valence-electron chi connectivity index (χ1n) is 8.61. The number of benzene rings is 1. The molecule has 0 bridgehead atoms. The Hall–Kier alpha value is -2.57. The van der Waals surface area contributed by atoms with Crippen molar-refractivity contribution in [1.29, 1.82) is 0 Å². The topological polar surface area (TPSA) is 98.7 Å². The van der Waals surface area contributed by atoms with Crippen LogP contribution in [-0.4, -0.2) is 53.1 Å². The SMILES string of the molecule is O=C1CC(C(=O)O)C2(CCN(C(=O)NCCc3ccccc3)CC2)N1. The van der Waals surface area contributed by atoms with Gasteiger partial charge in [0.1, 0.15) is 0 Å². The maximum atomic E-state index is 12.3. The van der Waals surface area contributed by atoms with Gasteiger partial charge in [-0.05, 0) is 24.8 Å². The maximum absolute atomic E-state index is 12.3. The molecule has 25 heavy (non-hydrogen) atoms. The lowest BCUT2D eigenvalue weighted by molar-refractivity contribution is -0.144. The highest BCUT2D eigenvalue weighted by Crippen LogP contribution is 2.36. The first-order valence-corrected chi connectivity index (χ1v) is 8.61. The molecule has 7 nitrogen and oxygen atoms in total. The third-order valence-corrected chi connectivity index (χ3v) is 5.22. The lowest BCUT2D eigenvalue weighted by Crippen LogP contribution is -2.57. The van der Waals surface area contributed by atoms with Gasteiger partial charge in [-0.25, -0.2) is 4.79 Å². The Morgan fingerprint density at radius 2 is 1.92 bits per heavy atom. The minimum absolute atomic E-state index is 0.0264. The first kappa shape index (κ1) is 17.3. The van der Waals surface area contributed by atoms with Gasteiger partial charge in [0, 0.05) is 26.1 Å². The Bertz CT molecular complexity index is 654. The van der Waals surface area contributed by atoms with Crippen molar-refractivity contribution in [2.45, 2.75) is 31.2 Å². The van der Waals surface area contributed by atoms with Gasteiger partial charge in [-0.2, -0.15) is 0 Å². The average molecular weight is 345 g/mol. The van der Waals surface area contributed by atoms with Gasteiger partial charge < -0.3 is 20.6 Å². The van der Waals surface area contributed by atoms with Crippen LogP contribution in [0, 0.1) is 5.92 Å². The summed E-state index contributed by atoms with van der Waals surface area (Å²) in [5.41, 5.74) is 0.461. The molecule has 0 radical (unpaired) electrons. The number of piperidine rings is 1. The van der Waals surface area contributed by atoms with Crippen LogP contribution in [0.5, 0.6) is 0 Å². The highest BCUT2D eigenvalue weighted by molar-refractivity contribution is 5.88. The van der Waals surface area contributed by atoms with Crippen molar-refractivity contribution in [2.75, 3.05) is 19.6 Å². The van der Waals surface area contributed by atoms with Gasteiger partial charge in [0.15, 0.2) is 0 Å². The van der Waals surface area contributed by atoms with E-state index in [4.69, 9.17) is 0 Å². The molecule has 2 fully saturated rings. The number of carbonyl (C=O) groups is 3. The number of likely N-dealkylation sites (tertiary alicyclic amines) is 1. The van der Waals surface area contributed by atoms with E-state index in [1.165, 1.54) is 5.56 Å². The number of carboxylic acids is 1. The second-order valence-corrected chi connectivity index (χ2v) is 6.75. The van der Waals surface area contributed by atoms with E-state index in [0.717, 1.165) is 6.42 Å². The van der Waals surface area contributed by atoms with E-state index in [0.29, 0.717) is 32.5 Å². The number of hydrogen-bond donors (Lipinski definition) is 3. The van der Waals surface area contributed by atoms with Crippen molar-refractivity contribution in [1.82, 2.24) is 15.5 Å². The molecule has 2 aliphatic heterocycles. The molecule has 0 aliphatic carbocycles. The summed E-state index contributed by atoms with van der Waals surface area (Å²) in [5, 5.41) is 15.1. The quantitative estimate of drug-likeness (QED) is 0.758. The monoisotopic (exact) mass is 345 g/mol. The van der Waals surface area contributed by atoms with E-state index in [2.05, 4.69) is 10.6 Å². The highest BCUT2D eigenvalue weighted by atomic mass is 16.4. The van der Waals surface area contributed by atoms with E-state index in [1.54, 1.807) is 4.90 Å². The van der Waals surface area contributed by atoms with Gasteiger partial charge in [0.05, 0.1) is 11.5 Å². The predicted octanol–water partition coefficient (Wildman–Crippen LogP) is 0.994. The first-order chi connectivity index (χ1) is 12.0. The zero-order valence-electron chi connectivity index (χ0n) is 14.0. The van der Waals surface area contributed by atoms with Gasteiger partial charge in [-0.15, -0.1) is 0 Å². The van der Waals surface area contributed by atoms with Crippen molar-refractivity contribution in [3.63, 3.8) is 0 Å². The molecule has 3 amide bonds. The van der Waals surface area contributed by atoms with Gasteiger partial charge >= 0.3 is 12.0 Å². The predicted molar refractivity (Wildman–Crippen MR) is 91.0 cm³/mol. The molecule has 1 unspecified atom stereocenters. The molecule has 1 aromatic rings. The summed E-state index contributed by atoms with van der Waals surface area (Å²) in [7, 11) is 0. The fourth-order valence-electron chi connectivity index (χ4n) is 3.77. The average Bonchev–Trinajstić information content (AvgIpc) is 2.92. The number of carbonyl (C=O) groups excluding carboxylic acids is 2. The Balaban J connectivity index is 1.49. The molecule has 2 saturated heterocycles. The summed E-state index contributed by atoms with van der Waals surface area (Å²) in [4.78, 5) is 37.1. The second-order valence-electron chi connectivity index (χ2n) is 6.75. The van der Waals surface area contributed by atoms with Gasteiger partial charge in [0.2, 0.25) is 5.91 Å². The smallest absolute Gasteiger partial charge is 0.317 e. The molecule has 3 N–H and O–H groups in total. The normalized spacial score (nSPS) is 21.8. The van der Waals surface area contributed by atoms with Gasteiger partial charge in [0.25, 0.3) is 0 Å². The summed E-state index contributed by atoms with van der Waals surface area (Å²) in [6.45, 7) is 1.45. The Morgan fingerprint density at radius 1 is 1.24 bits per heavy atom. The van der Waals surface area contributed by atoms with Crippen molar-refractivity contribution < 1.29 is 19.5 Å². The van der Waals surface area contributed by atoms with E-state index in [1.807, 2.05) is 30.3 Å². The minimum Gasteiger partial charge on any atom is -0.481 e. The van der Waals surface area contributed by atoms with Crippen molar-refractivity contribution in [3.8, 4) is 0 Å². The van der Waals surface area contributed by atoms with Crippen LogP contribution in [0.15, 0.2) is 30.3 Å².